The van der Waals surface area contributed by atoms with E-state index >= 15 is 0 Å². The van der Waals surface area contributed by atoms with Crippen LogP contribution in [0.4, 0.5) is 0 Å². The molecule has 2 heterocycles. The molecule has 0 amide bonds. The van der Waals surface area contributed by atoms with Crippen LogP contribution in [0.3, 0.4) is 0 Å². The Morgan fingerprint density at radius 2 is 1.09 bits per heavy atom. The molecule has 11 aromatic rings. The van der Waals surface area contributed by atoms with Gasteiger partial charge in [0.25, 0.3) is 0 Å². The van der Waals surface area contributed by atoms with E-state index in [9.17, 15) is 0 Å². The molecular formula is C61H42INS. The zero-order chi connectivity index (χ0) is 42.3. The Kier molecular flexibility index (Phi) is 7.98. The second-order valence-corrected chi connectivity index (χ2v) is 24.8. The monoisotopic (exact) mass is 947 g/mol. The van der Waals surface area contributed by atoms with E-state index < -0.39 is 19.8 Å². The molecule has 1 aromatic heterocycles. The molecule has 2 aliphatic carbocycles. The average Bonchev–Trinajstić information content (AvgIpc) is 3.94. The van der Waals surface area contributed by atoms with E-state index in [2.05, 4.69) is 225 Å². The van der Waals surface area contributed by atoms with Crippen molar-refractivity contribution in [3.05, 3.63) is 234 Å². The first-order valence-electron chi connectivity index (χ1n) is 22.4. The van der Waals surface area contributed by atoms with E-state index in [-0.39, 0.29) is 5.41 Å². The molecule has 2 atom stereocenters. The molecule has 0 N–H and O–H groups in total. The van der Waals surface area contributed by atoms with E-state index in [0.717, 1.165) is 0 Å². The van der Waals surface area contributed by atoms with Crippen molar-refractivity contribution in [1.82, 2.24) is 4.57 Å². The Hall–Kier alpha value is -6.40. The predicted molar refractivity (Wildman–Crippen MR) is 282 cm³/mol. The molecule has 1 nitrogen and oxygen atoms in total. The van der Waals surface area contributed by atoms with Crippen molar-refractivity contribution in [2.75, 3.05) is 0 Å². The van der Waals surface area contributed by atoms with Crippen molar-refractivity contribution in [2.24, 2.45) is 0 Å². The topological polar surface area (TPSA) is 4.93 Å². The third-order valence-corrected chi connectivity index (χ3v) is 21.5. The van der Waals surface area contributed by atoms with Crippen molar-refractivity contribution in [3.63, 3.8) is 0 Å². The van der Waals surface area contributed by atoms with Gasteiger partial charge < -0.3 is 0 Å². The van der Waals surface area contributed by atoms with Crippen LogP contribution < -0.4 is 0 Å². The van der Waals surface area contributed by atoms with Crippen molar-refractivity contribution >= 4 is 96.5 Å². The van der Waals surface area contributed by atoms with Crippen LogP contribution in [0.25, 0.3) is 81.7 Å². The summed E-state index contributed by atoms with van der Waals surface area (Å²) in [4.78, 5) is 1.40. The van der Waals surface area contributed by atoms with E-state index in [1.165, 1.54) is 114 Å². The summed E-state index contributed by atoms with van der Waals surface area (Å²) in [5, 5.41) is 13.7. The van der Waals surface area contributed by atoms with Crippen molar-refractivity contribution in [3.8, 4) is 16.8 Å². The molecular weight excluding hydrogens is 906 g/mol. The van der Waals surface area contributed by atoms with Crippen LogP contribution in [0.5, 0.6) is 0 Å². The first-order chi connectivity index (χ1) is 31.5. The van der Waals surface area contributed by atoms with Gasteiger partial charge in [-0.15, -0.1) is 0 Å². The minimum absolute atomic E-state index is 0.168. The van der Waals surface area contributed by atoms with Crippen molar-refractivity contribution in [1.29, 1.82) is 0 Å². The molecule has 14 rings (SSSR count). The van der Waals surface area contributed by atoms with Gasteiger partial charge in [-0.05, 0) is 0 Å². The van der Waals surface area contributed by atoms with Crippen LogP contribution in [0, 0.1) is 10.7 Å². The Morgan fingerprint density at radius 3 is 1.91 bits per heavy atom. The standard InChI is InChI=1S/C61H42INS/c1-61(2)55-32-41(28-29-47(55)52-33-50-45-20-7-5-18-43(45)44-19-6-8-21-46(44)51(50)35-56(52)61)62(40-27-26-37-14-3-4-15-38(37)30-40)39-16-13-17-42(31-39)63-57-24-11-9-22-48(57)53-34-54-49-23-10-12-25-59(49)64-60(54)36-58(53)63/h3-36,49,59H,1-2H3. The van der Waals surface area contributed by atoms with E-state index in [4.69, 9.17) is 0 Å². The van der Waals surface area contributed by atoms with E-state index in [0.29, 0.717) is 11.2 Å². The first-order valence-corrected chi connectivity index (χ1v) is 26.5. The Labute approximate surface area is 384 Å². The zero-order valence-corrected chi connectivity index (χ0v) is 38.5. The zero-order valence-electron chi connectivity index (χ0n) is 35.5. The van der Waals surface area contributed by atoms with E-state index in [1.54, 1.807) is 0 Å². The van der Waals surface area contributed by atoms with Gasteiger partial charge in [0.2, 0.25) is 0 Å². The number of rotatable bonds is 4. The molecule has 0 fully saturated rings. The number of aromatic nitrogens is 1. The number of nitrogens with zero attached hydrogens (tertiary/aromatic N) is 1. The van der Waals surface area contributed by atoms with Crippen LogP contribution in [0.1, 0.15) is 36.5 Å². The number of hydrogen-bond acceptors (Lipinski definition) is 1. The SMILES string of the molecule is CC1(C)c2cc(I(c3cccc(-n4c5ccccc5c5cc6c(cc54)SC4C=CC=CC64)c3)c3ccc4ccccc4c3)ccc2-c2cc3c4ccccc4c4ccccc4c3cc21. The van der Waals surface area contributed by atoms with Gasteiger partial charge in [-0.2, -0.15) is 0 Å². The number of halogens is 1. The van der Waals surface area contributed by atoms with Crippen LogP contribution >= 0.6 is 31.6 Å². The third kappa shape index (κ3) is 5.31. The number of thioether (sulfide) groups is 1. The normalized spacial score (nSPS) is 17.1. The molecule has 0 saturated carbocycles. The summed E-state index contributed by atoms with van der Waals surface area (Å²) >= 11 is -0.287. The Balaban J connectivity index is 0.959. The number of para-hydroxylation sites is 1. The Morgan fingerprint density at radius 1 is 0.453 bits per heavy atom. The average molecular weight is 948 g/mol. The van der Waals surface area contributed by atoms with Gasteiger partial charge in [-0.1, -0.05) is 0 Å². The molecule has 0 radical (unpaired) electrons. The summed E-state index contributed by atoms with van der Waals surface area (Å²) < 4.78 is 6.91. The predicted octanol–water partition coefficient (Wildman–Crippen LogP) is 16.8. The van der Waals surface area contributed by atoms with Gasteiger partial charge in [0.15, 0.2) is 0 Å². The first kappa shape index (κ1) is 37.0. The number of allylic oxidation sites excluding steroid dienone is 3. The molecule has 3 heteroatoms. The number of hydrogen-bond donors (Lipinski definition) is 0. The summed E-state index contributed by atoms with van der Waals surface area (Å²) in [6, 6.07) is 70.2. The molecule has 1 aliphatic heterocycles. The summed E-state index contributed by atoms with van der Waals surface area (Å²) in [6.45, 7) is 4.90. The van der Waals surface area contributed by atoms with Gasteiger partial charge in [-0.25, -0.2) is 0 Å². The third-order valence-electron chi connectivity index (χ3n) is 14.4. The maximum absolute atomic E-state index is 2.62. The van der Waals surface area contributed by atoms with Gasteiger partial charge in [0.05, 0.1) is 0 Å². The van der Waals surface area contributed by atoms with Crippen molar-refractivity contribution < 1.29 is 0 Å². The van der Waals surface area contributed by atoms with Gasteiger partial charge in [0.1, 0.15) is 0 Å². The second-order valence-electron chi connectivity index (χ2n) is 18.2. The summed E-state index contributed by atoms with van der Waals surface area (Å²) in [5.74, 6) is 0.429. The maximum atomic E-state index is 2.62. The van der Waals surface area contributed by atoms with Crippen molar-refractivity contribution in [2.45, 2.75) is 35.3 Å². The number of fused-ring (bicyclic) bond motifs is 16. The molecule has 304 valence electrons. The summed E-state index contributed by atoms with van der Waals surface area (Å²) in [6.07, 6.45) is 9.19. The molecule has 2 unspecified atom stereocenters. The van der Waals surface area contributed by atoms with Crippen LogP contribution in [0.2, 0.25) is 0 Å². The fourth-order valence-electron chi connectivity index (χ4n) is 11.4. The quantitative estimate of drug-likeness (QED) is 0.126. The molecule has 0 bridgehead atoms. The Bertz CT molecular complexity index is 3880. The number of benzene rings is 10. The van der Waals surface area contributed by atoms with Gasteiger partial charge >= 0.3 is 387 Å². The molecule has 3 aliphatic rings. The molecule has 0 spiro atoms. The molecule has 0 saturated heterocycles. The van der Waals surface area contributed by atoms with Gasteiger partial charge in [0, 0.05) is 0 Å². The van der Waals surface area contributed by atoms with Gasteiger partial charge in [-0.3, -0.25) is 0 Å². The fraction of sp³-hybridized carbons (Fsp3) is 0.0820. The molecule has 10 aromatic carbocycles. The molecule has 64 heavy (non-hydrogen) atoms. The fourth-order valence-corrected chi connectivity index (χ4v) is 18.5. The van der Waals surface area contributed by atoms with Crippen LogP contribution in [-0.4, -0.2) is 9.82 Å². The summed E-state index contributed by atoms with van der Waals surface area (Å²) in [5.41, 5.74) is 10.7. The van der Waals surface area contributed by atoms with Crippen LogP contribution in [-0.2, 0) is 5.41 Å². The van der Waals surface area contributed by atoms with E-state index in [1.807, 2.05) is 11.8 Å². The minimum atomic E-state index is -2.30. The summed E-state index contributed by atoms with van der Waals surface area (Å²) in [7, 11) is 0. The van der Waals surface area contributed by atoms with Crippen LogP contribution in [0.15, 0.2) is 211 Å². The second kappa shape index (κ2) is 13.8.